The number of aryl methyl sites for hydroxylation is 1. The van der Waals surface area contributed by atoms with E-state index in [0.717, 1.165) is 60.1 Å². The molecule has 2 heterocycles. The van der Waals surface area contributed by atoms with Gasteiger partial charge in [-0.3, -0.25) is 4.79 Å². The molecule has 1 N–H and O–H groups in total. The number of fused-ring (bicyclic) bond motifs is 1. The Hall–Kier alpha value is -3.64. The maximum Gasteiger partial charge on any atom is 0.255 e. The normalized spacial score (nSPS) is 14.0. The van der Waals surface area contributed by atoms with Gasteiger partial charge in [0.1, 0.15) is 5.82 Å². The fraction of sp³-hybridized carbons (Fsp3) is 0.200. The van der Waals surface area contributed by atoms with Crippen molar-refractivity contribution in [2.24, 2.45) is 7.05 Å². The molecule has 0 unspecified atom stereocenters. The molecule has 6 heteroatoms. The maximum absolute atomic E-state index is 12.7. The Morgan fingerprint density at radius 3 is 2.35 bits per heavy atom. The number of hydrogen-bond donors (Lipinski definition) is 1. The molecule has 0 atom stereocenters. The quantitative estimate of drug-likeness (QED) is 0.542. The smallest absolute Gasteiger partial charge is 0.255 e. The number of carbonyl (C=O) groups excluding carboxylic acids is 1. The van der Waals surface area contributed by atoms with Crippen LogP contribution in [0.4, 0.5) is 11.4 Å². The van der Waals surface area contributed by atoms with Crippen molar-refractivity contribution in [1.29, 1.82) is 0 Å². The summed E-state index contributed by atoms with van der Waals surface area (Å²) in [6.07, 6.45) is 0. The number of rotatable bonds is 4. The van der Waals surface area contributed by atoms with E-state index in [-0.39, 0.29) is 5.91 Å². The summed E-state index contributed by atoms with van der Waals surface area (Å²) in [6.45, 7) is 3.24. The Labute approximate surface area is 181 Å². The molecule has 1 fully saturated rings. The molecular weight excluding hydrogens is 388 g/mol. The van der Waals surface area contributed by atoms with E-state index in [1.54, 1.807) is 0 Å². The van der Waals surface area contributed by atoms with Gasteiger partial charge in [-0.05, 0) is 60.7 Å². The van der Waals surface area contributed by atoms with Gasteiger partial charge in [-0.15, -0.1) is 0 Å². The molecule has 1 amide bonds. The number of aromatic nitrogens is 2. The zero-order chi connectivity index (χ0) is 21.2. The summed E-state index contributed by atoms with van der Waals surface area (Å²) in [6, 6.07) is 23.6. The topological polar surface area (TPSA) is 59.4 Å². The highest BCUT2D eigenvalue weighted by Crippen LogP contribution is 2.25. The molecule has 3 aromatic carbocycles. The van der Waals surface area contributed by atoms with Crippen molar-refractivity contribution in [2.75, 3.05) is 36.5 Å². The Balaban J connectivity index is 1.29. The molecule has 0 aliphatic carbocycles. The number of ether oxygens (including phenoxy) is 1. The molecule has 0 spiro atoms. The van der Waals surface area contributed by atoms with Gasteiger partial charge in [-0.1, -0.05) is 12.1 Å². The Morgan fingerprint density at radius 1 is 0.935 bits per heavy atom. The van der Waals surface area contributed by atoms with Gasteiger partial charge in [0.05, 0.1) is 24.2 Å². The molecule has 1 aliphatic heterocycles. The molecule has 1 saturated heterocycles. The van der Waals surface area contributed by atoms with E-state index < -0.39 is 0 Å². The number of nitrogens with one attached hydrogen (secondary N) is 1. The molecule has 0 saturated carbocycles. The van der Waals surface area contributed by atoms with Gasteiger partial charge in [-0.2, -0.15) is 0 Å². The Morgan fingerprint density at radius 2 is 1.65 bits per heavy atom. The zero-order valence-corrected chi connectivity index (χ0v) is 17.4. The molecule has 156 valence electrons. The standard InChI is InChI=1S/C25H24N4O2/c1-28-23-5-3-2-4-22(23)27-24(28)18-6-10-20(11-7-18)26-25(30)19-8-12-21(13-9-19)29-14-16-31-17-15-29/h2-13H,14-17H2,1H3,(H,26,30). The second-order valence-electron chi connectivity index (χ2n) is 7.66. The van der Waals surface area contributed by atoms with Crippen LogP contribution >= 0.6 is 0 Å². The fourth-order valence-corrected chi connectivity index (χ4v) is 3.95. The highest BCUT2D eigenvalue weighted by Gasteiger charge is 2.13. The van der Waals surface area contributed by atoms with Crippen LogP contribution in [0.3, 0.4) is 0 Å². The van der Waals surface area contributed by atoms with Gasteiger partial charge in [0, 0.05) is 42.6 Å². The number of para-hydroxylation sites is 2. The summed E-state index contributed by atoms with van der Waals surface area (Å²) in [4.78, 5) is 19.7. The minimum atomic E-state index is -0.121. The monoisotopic (exact) mass is 412 g/mol. The van der Waals surface area contributed by atoms with Crippen LogP contribution in [0.2, 0.25) is 0 Å². The van der Waals surface area contributed by atoms with Gasteiger partial charge in [0.2, 0.25) is 0 Å². The van der Waals surface area contributed by atoms with Crippen LogP contribution in [0.5, 0.6) is 0 Å². The summed E-state index contributed by atoms with van der Waals surface area (Å²) in [5.74, 6) is 0.779. The molecule has 0 radical (unpaired) electrons. The number of anilines is 2. The molecule has 5 rings (SSSR count). The highest BCUT2D eigenvalue weighted by atomic mass is 16.5. The number of imidazole rings is 1. The van der Waals surface area contributed by atoms with Crippen LogP contribution in [-0.4, -0.2) is 41.8 Å². The summed E-state index contributed by atoms with van der Waals surface area (Å²) in [5.41, 5.74) is 5.58. The molecule has 4 aromatic rings. The molecule has 1 aromatic heterocycles. The average molecular weight is 412 g/mol. The van der Waals surface area contributed by atoms with E-state index in [2.05, 4.69) is 20.9 Å². The second kappa shape index (κ2) is 8.24. The third-order valence-corrected chi connectivity index (χ3v) is 5.69. The lowest BCUT2D eigenvalue weighted by molar-refractivity contribution is 0.102. The lowest BCUT2D eigenvalue weighted by atomic mass is 10.1. The summed E-state index contributed by atoms with van der Waals surface area (Å²) < 4.78 is 7.48. The number of nitrogens with zero attached hydrogens (tertiary/aromatic N) is 3. The van der Waals surface area contributed by atoms with Gasteiger partial charge >= 0.3 is 0 Å². The first-order valence-electron chi connectivity index (χ1n) is 10.4. The van der Waals surface area contributed by atoms with Crippen molar-refractivity contribution >= 4 is 28.3 Å². The van der Waals surface area contributed by atoms with Crippen molar-refractivity contribution in [3.63, 3.8) is 0 Å². The summed E-state index contributed by atoms with van der Waals surface area (Å²) in [5, 5.41) is 2.98. The summed E-state index contributed by atoms with van der Waals surface area (Å²) >= 11 is 0. The first-order chi connectivity index (χ1) is 15.2. The van der Waals surface area contributed by atoms with Crippen LogP contribution in [0.1, 0.15) is 10.4 Å². The number of carbonyl (C=O) groups is 1. The number of amides is 1. The van der Waals surface area contributed by atoms with Crippen LogP contribution in [0.25, 0.3) is 22.4 Å². The van der Waals surface area contributed by atoms with Crippen LogP contribution in [0.15, 0.2) is 72.8 Å². The largest absolute Gasteiger partial charge is 0.378 e. The molecule has 1 aliphatic rings. The van der Waals surface area contributed by atoms with Crippen LogP contribution < -0.4 is 10.2 Å². The van der Waals surface area contributed by atoms with E-state index >= 15 is 0 Å². The van der Waals surface area contributed by atoms with Crippen LogP contribution in [0, 0.1) is 0 Å². The first kappa shape index (κ1) is 19.3. The van der Waals surface area contributed by atoms with Gasteiger partial charge in [-0.25, -0.2) is 4.98 Å². The predicted molar refractivity (Wildman–Crippen MR) is 124 cm³/mol. The minimum absolute atomic E-state index is 0.121. The number of morpholine rings is 1. The molecule has 0 bridgehead atoms. The average Bonchev–Trinajstić information content (AvgIpc) is 3.17. The summed E-state index contributed by atoms with van der Waals surface area (Å²) in [7, 11) is 2.01. The lowest BCUT2D eigenvalue weighted by Crippen LogP contribution is -2.36. The van der Waals surface area contributed by atoms with Crippen molar-refractivity contribution in [3.8, 4) is 11.4 Å². The van der Waals surface area contributed by atoms with Crippen LogP contribution in [-0.2, 0) is 11.8 Å². The SMILES string of the molecule is Cn1c(-c2ccc(NC(=O)c3ccc(N4CCOCC4)cc3)cc2)nc2ccccc21. The van der Waals surface area contributed by atoms with Gasteiger partial charge in [0.15, 0.2) is 0 Å². The minimum Gasteiger partial charge on any atom is -0.378 e. The van der Waals surface area contributed by atoms with Crippen molar-refractivity contribution in [3.05, 3.63) is 78.4 Å². The molecular formula is C25H24N4O2. The fourth-order valence-electron chi connectivity index (χ4n) is 3.95. The van der Waals surface area contributed by atoms with Crippen molar-refractivity contribution in [1.82, 2.24) is 9.55 Å². The Bertz CT molecular complexity index is 1210. The molecule has 31 heavy (non-hydrogen) atoms. The number of benzene rings is 3. The van der Waals surface area contributed by atoms with Crippen molar-refractivity contribution < 1.29 is 9.53 Å². The zero-order valence-electron chi connectivity index (χ0n) is 17.4. The van der Waals surface area contributed by atoms with Gasteiger partial charge < -0.3 is 19.5 Å². The van der Waals surface area contributed by atoms with E-state index in [4.69, 9.17) is 9.72 Å². The van der Waals surface area contributed by atoms with E-state index in [1.807, 2.05) is 73.8 Å². The first-order valence-corrected chi connectivity index (χ1v) is 10.4. The number of hydrogen-bond acceptors (Lipinski definition) is 4. The van der Waals surface area contributed by atoms with Gasteiger partial charge in [0.25, 0.3) is 5.91 Å². The molecule has 6 nitrogen and oxygen atoms in total. The second-order valence-corrected chi connectivity index (χ2v) is 7.66. The third-order valence-electron chi connectivity index (χ3n) is 5.69. The Kier molecular flexibility index (Phi) is 5.14. The van der Waals surface area contributed by atoms with E-state index in [0.29, 0.717) is 5.56 Å². The predicted octanol–water partition coefficient (Wildman–Crippen LogP) is 4.33. The lowest BCUT2D eigenvalue weighted by Gasteiger charge is -2.28. The van der Waals surface area contributed by atoms with E-state index in [1.165, 1.54) is 0 Å². The third kappa shape index (κ3) is 3.90. The highest BCUT2D eigenvalue weighted by molar-refractivity contribution is 6.04. The van der Waals surface area contributed by atoms with Crippen molar-refractivity contribution in [2.45, 2.75) is 0 Å². The maximum atomic E-state index is 12.7. The van der Waals surface area contributed by atoms with E-state index in [9.17, 15) is 4.79 Å².